The molecule has 10 heteroatoms. The van der Waals surface area contributed by atoms with Gasteiger partial charge in [0.1, 0.15) is 20.6 Å². The Kier molecular flexibility index (Phi) is 4.93. The minimum absolute atomic E-state index is 0.147. The fraction of sp³-hybridized carbons (Fsp3) is 0.280. The molecule has 7 nitrogen and oxygen atoms in total. The van der Waals surface area contributed by atoms with Gasteiger partial charge < -0.3 is 9.32 Å². The van der Waals surface area contributed by atoms with Crippen molar-refractivity contribution in [2.75, 3.05) is 25.5 Å². The number of hydrogen-bond donors (Lipinski definition) is 0. The Bertz CT molecular complexity index is 1370. The Morgan fingerprint density at radius 3 is 2.71 bits per heavy atom. The number of furan rings is 1. The second-order valence-electron chi connectivity index (χ2n) is 9.00. The maximum absolute atomic E-state index is 14.7. The molecular weight excluding hydrogens is 487 g/mol. The Morgan fingerprint density at radius 2 is 2.00 bits per heavy atom. The van der Waals surface area contributed by atoms with Crippen molar-refractivity contribution in [2.45, 2.75) is 22.7 Å². The molecule has 2 saturated heterocycles. The highest BCUT2D eigenvalue weighted by atomic mass is 32.2. The molecular formula is C25H21FN4O3S2. The molecule has 0 bridgehead atoms. The molecule has 2 aromatic heterocycles. The average Bonchev–Trinajstić information content (AvgIpc) is 3.57. The van der Waals surface area contributed by atoms with E-state index in [1.165, 1.54) is 40.0 Å². The van der Waals surface area contributed by atoms with Crippen LogP contribution in [0.2, 0.25) is 0 Å². The molecule has 2 fully saturated rings. The zero-order chi connectivity index (χ0) is 24.5. The fourth-order valence-corrected chi connectivity index (χ4v) is 8.02. The lowest BCUT2D eigenvalue weighted by Gasteiger charge is -2.42. The van der Waals surface area contributed by atoms with Gasteiger partial charge in [-0.2, -0.15) is 0 Å². The van der Waals surface area contributed by atoms with Gasteiger partial charge in [-0.15, -0.1) is 0 Å². The number of anilines is 1. The first kappa shape index (κ1) is 22.4. The van der Waals surface area contributed by atoms with Crippen molar-refractivity contribution in [1.82, 2.24) is 14.8 Å². The highest BCUT2D eigenvalue weighted by Crippen LogP contribution is 2.66. The number of thiocarbonyl (C=S) groups is 1. The van der Waals surface area contributed by atoms with Crippen molar-refractivity contribution in [1.29, 1.82) is 0 Å². The van der Waals surface area contributed by atoms with Crippen LogP contribution in [-0.4, -0.2) is 56.3 Å². The van der Waals surface area contributed by atoms with Gasteiger partial charge in [0.2, 0.25) is 5.91 Å². The summed E-state index contributed by atoms with van der Waals surface area (Å²) in [6.45, 7) is 0.511. The van der Waals surface area contributed by atoms with Gasteiger partial charge in [0.15, 0.2) is 5.54 Å². The SMILES string of the molecule is CN1C(=O)[C@]2(c3cc(F)ccc31)N(C)C[C@H](c1ccccn1)[C@]21SC(=S)N(Cc2ccco2)C1=O. The molecule has 0 unspecified atom stereocenters. The summed E-state index contributed by atoms with van der Waals surface area (Å²) < 4.78 is 19.1. The van der Waals surface area contributed by atoms with E-state index in [4.69, 9.17) is 16.6 Å². The second-order valence-corrected chi connectivity index (χ2v) is 10.9. The monoisotopic (exact) mass is 508 g/mol. The van der Waals surface area contributed by atoms with Crippen molar-refractivity contribution < 1.29 is 18.4 Å². The maximum atomic E-state index is 14.7. The first-order chi connectivity index (χ1) is 16.8. The zero-order valence-corrected chi connectivity index (χ0v) is 20.6. The minimum Gasteiger partial charge on any atom is -0.467 e. The maximum Gasteiger partial charge on any atom is 0.254 e. The summed E-state index contributed by atoms with van der Waals surface area (Å²) in [5.41, 5.74) is 0.257. The number of thioether (sulfide) groups is 1. The van der Waals surface area contributed by atoms with E-state index in [0.29, 0.717) is 33.6 Å². The average molecular weight is 509 g/mol. The van der Waals surface area contributed by atoms with Crippen molar-refractivity contribution in [3.8, 4) is 0 Å². The number of likely N-dealkylation sites (N-methyl/N-ethyl adjacent to an activating group) is 2. The fourth-order valence-electron chi connectivity index (χ4n) is 5.91. The van der Waals surface area contributed by atoms with E-state index in [1.807, 2.05) is 24.1 Å². The first-order valence-corrected chi connectivity index (χ1v) is 12.3. The number of pyridine rings is 1. The zero-order valence-electron chi connectivity index (χ0n) is 19.0. The van der Waals surface area contributed by atoms with E-state index in [0.717, 1.165) is 0 Å². The third kappa shape index (κ3) is 2.75. The number of aromatic nitrogens is 1. The Labute approximate surface area is 210 Å². The quantitative estimate of drug-likeness (QED) is 0.502. The molecule has 2 spiro atoms. The number of carbonyl (C=O) groups is 2. The number of rotatable bonds is 3. The van der Waals surface area contributed by atoms with Crippen LogP contribution in [0.15, 0.2) is 65.4 Å². The van der Waals surface area contributed by atoms with E-state index in [2.05, 4.69) is 4.98 Å². The van der Waals surface area contributed by atoms with Crippen LogP contribution < -0.4 is 4.90 Å². The van der Waals surface area contributed by atoms with Crippen LogP contribution in [0.5, 0.6) is 0 Å². The number of amides is 2. The van der Waals surface area contributed by atoms with E-state index in [-0.39, 0.29) is 18.4 Å². The molecule has 35 heavy (non-hydrogen) atoms. The number of hydrogen-bond acceptors (Lipinski definition) is 7. The van der Waals surface area contributed by atoms with Crippen molar-refractivity contribution in [3.05, 3.63) is 83.8 Å². The molecule has 0 aliphatic carbocycles. The summed E-state index contributed by atoms with van der Waals surface area (Å²) >= 11 is 6.95. The molecule has 3 aliphatic rings. The topological polar surface area (TPSA) is 69.9 Å². The summed E-state index contributed by atoms with van der Waals surface area (Å²) in [4.78, 5) is 38.2. The van der Waals surface area contributed by atoms with Crippen LogP contribution in [0.25, 0.3) is 0 Å². The molecule has 6 rings (SSSR count). The lowest BCUT2D eigenvalue weighted by molar-refractivity contribution is -0.139. The first-order valence-electron chi connectivity index (χ1n) is 11.1. The summed E-state index contributed by atoms with van der Waals surface area (Å²) in [5.74, 6) is -0.960. The van der Waals surface area contributed by atoms with Gasteiger partial charge in [-0.25, -0.2) is 4.39 Å². The van der Waals surface area contributed by atoms with Gasteiger partial charge in [0.25, 0.3) is 5.91 Å². The Balaban J connectivity index is 1.62. The van der Waals surface area contributed by atoms with Crippen molar-refractivity contribution >= 4 is 45.8 Å². The highest BCUT2D eigenvalue weighted by molar-refractivity contribution is 8.25. The normalized spacial score (nSPS) is 28.2. The van der Waals surface area contributed by atoms with Crippen LogP contribution in [0.4, 0.5) is 10.1 Å². The van der Waals surface area contributed by atoms with E-state index in [1.54, 1.807) is 37.5 Å². The third-order valence-electron chi connectivity index (χ3n) is 7.35. The van der Waals surface area contributed by atoms with Crippen LogP contribution in [-0.2, 0) is 21.7 Å². The summed E-state index contributed by atoms with van der Waals surface area (Å²) in [7, 11) is 3.47. The van der Waals surface area contributed by atoms with Gasteiger partial charge in [0.05, 0.1) is 12.8 Å². The Morgan fingerprint density at radius 1 is 1.17 bits per heavy atom. The molecule has 1 aromatic carbocycles. The summed E-state index contributed by atoms with van der Waals surface area (Å²) in [6, 6.07) is 13.4. The van der Waals surface area contributed by atoms with Crippen molar-refractivity contribution in [2.24, 2.45) is 0 Å². The molecule has 3 atom stereocenters. The standard InChI is InChI=1S/C25H21FN4O3S2/c1-28-14-18(19-7-3-4-10-27-19)25(22(32)30(23(34)35-25)13-16-6-5-11-33-16)24(28)17-12-15(26)8-9-20(17)29(2)21(24)31/h3-12,18H,13-14H2,1-2H3/t18-,24+,25-/m1/s1. The van der Waals surface area contributed by atoms with E-state index < -0.39 is 22.0 Å². The molecule has 2 amide bonds. The van der Waals surface area contributed by atoms with Gasteiger partial charge in [0, 0.05) is 42.7 Å². The highest BCUT2D eigenvalue weighted by Gasteiger charge is 2.78. The molecule has 3 aliphatic heterocycles. The van der Waals surface area contributed by atoms with Gasteiger partial charge >= 0.3 is 0 Å². The minimum atomic E-state index is -1.47. The van der Waals surface area contributed by atoms with Gasteiger partial charge in [-0.05, 0) is 49.5 Å². The lowest BCUT2D eigenvalue weighted by atomic mass is 9.72. The van der Waals surface area contributed by atoms with Gasteiger partial charge in [-0.1, -0.05) is 30.0 Å². The number of benzene rings is 1. The number of fused-ring (bicyclic) bond motifs is 3. The number of carbonyl (C=O) groups excluding carboxylic acids is 2. The van der Waals surface area contributed by atoms with E-state index in [9.17, 15) is 14.0 Å². The Hall–Kier alpha value is -3.08. The number of likely N-dealkylation sites (tertiary alicyclic amines) is 1. The second kappa shape index (κ2) is 7.71. The predicted molar refractivity (Wildman–Crippen MR) is 133 cm³/mol. The molecule has 3 aromatic rings. The third-order valence-corrected chi connectivity index (χ3v) is 9.29. The molecule has 0 N–H and O–H groups in total. The molecule has 0 radical (unpaired) electrons. The molecule has 5 heterocycles. The largest absolute Gasteiger partial charge is 0.467 e. The van der Waals surface area contributed by atoms with Crippen molar-refractivity contribution in [3.63, 3.8) is 0 Å². The van der Waals surface area contributed by atoms with Gasteiger partial charge in [-0.3, -0.25) is 24.4 Å². The summed E-state index contributed by atoms with van der Waals surface area (Å²) in [6.07, 6.45) is 3.21. The number of nitrogens with zero attached hydrogens (tertiary/aromatic N) is 4. The smallest absolute Gasteiger partial charge is 0.254 e. The van der Waals surface area contributed by atoms with Crippen LogP contribution >= 0.6 is 24.0 Å². The predicted octanol–water partition coefficient (Wildman–Crippen LogP) is 3.51. The lowest BCUT2D eigenvalue weighted by Crippen LogP contribution is -2.62. The van der Waals surface area contributed by atoms with Crippen LogP contribution in [0.3, 0.4) is 0 Å². The number of halogens is 1. The van der Waals surface area contributed by atoms with E-state index >= 15 is 0 Å². The van der Waals surface area contributed by atoms with Crippen LogP contribution in [0.1, 0.15) is 22.9 Å². The summed E-state index contributed by atoms with van der Waals surface area (Å²) in [5, 5.41) is 0. The molecule has 0 saturated carbocycles. The molecule has 178 valence electrons. The van der Waals surface area contributed by atoms with Crippen LogP contribution in [0, 0.1) is 5.82 Å².